The molecular weight excluding hydrogens is 218 g/mol. The van der Waals surface area contributed by atoms with Crippen molar-refractivity contribution in [3.63, 3.8) is 0 Å². The van der Waals surface area contributed by atoms with Crippen LogP contribution >= 0.6 is 0 Å². The molecule has 0 aliphatic carbocycles. The van der Waals surface area contributed by atoms with Crippen molar-refractivity contribution in [2.24, 2.45) is 11.5 Å². The monoisotopic (exact) mass is 245 g/mol. The molecule has 0 fully saturated rings. The Bertz CT molecular complexity index is 220. The Hall–Kier alpha value is -0.650. The number of ether oxygens (including phenoxy) is 1. The lowest BCUT2D eigenvalue weighted by molar-refractivity contribution is -0.122. The smallest absolute Gasteiger partial charge is 0.237 e. The molecule has 0 rings (SSSR count). The van der Waals surface area contributed by atoms with Gasteiger partial charge in [0.1, 0.15) is 0 Å². The molecule has 0 aromatic heterocycles. The number of nitrogens with two attached hydrogens (primary N) is 2. The van der Waals surface area contributed by atoms with Crippen LogP contribution in [0.1, 0.15) is 33.1 Å². The summed E-state index contributed by atoms with van der Waals surface area (Å²) in [6, 6.07) is 0. The van der Waals surface area contributed by atoms with Crippen molar-refractivity contribution in [3.8, 4) is 0 Å². The number of hydrogen-bond acceptors (Lipinski definition) is 4. The SMILES string of the molecule is CCN(CCCCC(C)(N)C(N)=O)CCOC. The van der Waals surface area contributed by atoms with Crippen molar-refractivity contribution in [1.29, 1.82) is 0 Å². The number of rotatable bonds is 10. The van der Waals surface area contributed by atoms with E-state index in [2.05, 4.69) is 11.8 Å². The van der Waals surface area contributed by atoms with Crippen molar-refractivity contribution in [1.82, 2.24) is 4.90 Å². The van der Waals surface area contributed by atoms with Gasteiger partial charge in [-0.2, -0.15) is 0 Å². The number of likely N-dealkylation sites (N-methyl/N-ethyl adjacent to an activating group) is 1. The molecule has 17 heavy (non-hydrogen) atoms. The first kappa shape index (κ1) is 16.4. The third kappa shape index (κ3) is 7.31. The summed E-state index contributed by atoms with van der Waals surface area (Å²) in [4.78, 5) is 13.3. The number of hydrogen-bond donors (Lipinski definition) is 2. The molecule has 0 spiro atoms. The lowest BCUT2D eigenvalue weighted by atomic mass is 9.95. The van der Waals surface area contributed by atoms with Crippen LogP contribution in [0.15, 0.2) is 0 Å². The van der Waals surface area contributed by atoms with Gasteiger partial charge in [-0.25, -0.2) is 0 Å². The quantitative estimate of drug-likeness (QED) is 0.543. The van der Waals surface area contributed by atoms with E-state index in [0.29, 0.717) is 6.42 Å². The number of nitrogens with zero attached hydrogens (tertiary/aromatic N) is 1. The molecule has 0 saturated carbocycles. The van der Waals surface area contributed by atoms with E-state index in [1.807, 2.05) is 0 Å². The first-order valence-electron chi connectivity index (χ1n) is 6.24. The predicted octanol–water partition coefficient (Wildman–Crippen LogP) is 0.328. The lowest BCUT2D eigenvalue weighted by Gasteiger charge is -2.22. The van der Waals surface area contributed by atoms with Crippen molar-refractivity contribution in [3.05, 3.63) is 0 Å². The molecule has 0 bridgehead atoms. The highest BCUT2D eigenvalue weighted by Crippen LogP contribution is 2.10. The number of amides is 1. The van der Waals surface area contributed by atoms with E-state index in [-0.39, 0.29) is 0 Å². The van der Waals surface area contributed by atoms with Gasteiger partial charge in [-0.3, -0.25) is 4.79 Å². The minimum atomic E-state index is -0.871. The summed E-state index contributed by atoms with van der Waals surface area (Å²) in [6.45, 7) is 7.55. The second-order valence-corrected chi connectivity index (χ2v) is 4.67. The maximum absolute atomic E-state index is 11.0. The Kier molecular flexibility index (Phi) is 8.12. The van der Waals surface area contributed by atoms with E-state index < -0.39 is 11.4 Å². The van der Waals surface area contributed by atoms with E-state index in [4.69, 9.17) is 16.2 Å². The second-order valence-electron chi connectivity index (χ2n) is 4.67. The third-order valence-corrected chi connectivity index (χ3v) is 3.04. The van der Waals surface area contributed by atoms with E-state index in [0.717, 1.165) is 39.1 Å². The lowest BCUT2D eigenvalue weighted by Crippen LogP contribution is -2.49. The van der Waals surface area contributed by atoms with Crippen LogP contribution in [0.2, 0.25) is 0 Å². The minimum Gasteiger partial charge on any atom is -0.383 e. The van der Waals surface area contributed by atoms with Gasteiger partial charge in [-0.1, -0.05) is 6.92 Å². The Labute approximate surface area is 104 Å². The molecule has 0 aromatic carbocycles. The van der Waals surface area contributed by atoms with E-state index in [1.54, 1.807) is 14.0 Å². The molecule has 1 amide bonds. The van der Waals surface area contributed by atoms with E-state index >= 15 is 0 Å². The highest BCUT2D eigenvalue weighted by Gasteiger charge is 2.24. The van der Waals surface area contributed by atoms with Crippen LogP contribution < -0.4 is 11.5 Å². The van der Waals surface area contributed by atoms with Crippen molar-refractivity contribution in [2.75, 3.05) is 33.4 Å². The summed E-state index contributed by atoms with van der Waals surface area (Å²) < 4.78 is 5.04. The van der Waals surface area contributed by atoms with Crippen LogP contribution in [0.4, 0.5) is 0 Å². The van der Waals surface area contributed by atoms with Crippen molar-refractivity contribution >= 4 is 5.91 Å². The zero-order valence-electron chi connectivity index (χ0n) is 11.4. The topological polar surface area (TPSA) is 81.6 Å². The van der Waals surface area contributed by atoms with Gasteiger partial charge < -0.3 is 21.1 Å². The van der Waals surface area contributed by atoms with Crippen LogP contribution in [0.25, 0.3) is 0 Å². The largest absolute Gasteiger partial charge is 0.383 e. The number of carbonyl (C=O) groups excluding carboxylic acids is 1. The molecule has 102 valence electrons. The van der Waals surface area contributed by atoms with Crippen LogP contribution in [0.5, 0.6) is 0 Å². The Morgan fingerprint density at radius 1 is 1.35 bits per heavy atom. The van der Waals surface area contributed by atoms with Gasteiger partial charge in [0.25, 0.3) is 0 Å². The molecule has 0 aromatic rings. The molecule has 1 atom stereocenters. The normalized spacial score (nSPS) is 14.9. The van der Waals surface area contributed by atoms with Gasteiger partial charge in [0.2, 0.25) is 5.91 Å². The van der Waals surface area contributed by atoms with Crippen molar-refractivity contribution in [2.45, 2.75) is 38.6 Å². The zero-order chi connectivity index (χ0) is 13.3. The molecule has 5 heteroatoms. The molecule has 0 aliphatic rings. The Morgan fingerprint density at radius 3 is 2.47 bits per heavy atom. The van der Waals surface area contributed by atoms with Gasteiger partial charge in [0.15, 0.2) is 0 Å². The fourth-order valence-corrected chi connectivity index (χ4v) is 1.60. The van der Waals surface area contributed by atoms with Crippen LogP contribution in [-0.2, 0) is 9.53 Å². The Balaban J connectivity index is 3.71. The summed E-state index contributed by atoms with van der Waals surface area (Å²) in [7, 11) is 1.71. The molecule has 1 unspecified atom stereocenters. The zero-order valence-corrected chi connectivity index (χ0v) is 11.4. The summed E-state index contributed by atoms with van der Waals surface area (Å²) in [6.07, 6.45) is 2.58. The fraction of sp³-hybridized carbons (Fsp3) is 0.917. The summed E-state index contributed by atoms with van der Waals surface area (Å²) in [5, 5.41) is 0. The summed E-state index contributed by atoms with van der Waals surface area (Å²) >= 11 is 0. The Morgan fingerprint density at radius 2 is 2.00 bits per heavy atom. The highest BCUT2D eigenvalue weighted by molar-refractivity contribution is 5.83. The maximum Gasteiger partial charge on any atom is 0.237 e. The number of unbranched alkanes of at least 4 members (excludes halogenated alkanes) is 1. The summed E-state index contributed by atoms with van der Waals surface area (Å²) in [5.41, 5.74) is 10.1. The number of methoxy groups -OCH3 is 1. The maximum atomic E-state index is 11.0. The average Bonchev–Trinajstić information content (AvgIpc) is 2.28. The fourth-order valence-electron chi connectivity index (χ4n) is 1.60. The molecule has 0 saturated heterocycles. The van der Waals surface area contributed by atoms with Crippen LogP contribution in [-0.4, -0.2) is 49.7 Å². The van der Waals surface area contributed by atoms with Gasteiger partial charge in [-0.15, -0.1) is 0 Å². The minimum absolute atomic E-state index is 0.427. The van der Waals surface area contributed by atoms with Crippen molar-refractivity contribution < 1.29 is 9.53 Å². The summed E-state index contributed by atoms with van der Waals surface area (Å²) in [5.74, 6) is -0.427. The first-order chi connectivity index (χ1) is 7.94. The highest BCUT2D eigenvalue weighted by atomic mass is 16.5. The second kappa shape index (κ2) is 8.44. The molecular formula is C12H27N3O2. The molecule has 5 nitrogen and oxygen atoms in total. The third-order valence-electron chi connectivity index (χ3n) is 3.04. The first-order valence-corrected chi connectivity index (χ1v) is 6.24. The van der Waals surface area contributed by atoms with Gasteiger partial charge in [0, 0.05) is 13.7 Å². The average molecular weight is 245 g/mol. The molecule has 0 heterocycles. The molecule has 0 radical (unpaired) electrons. The number of carbonyl (C=O) groups is 1. The molecule has 0 aliphatic heterocycles. The van der Waals surface area contributed by atoms with Crippen LogP contribution in [0, 0.1) is 0 Å². The predicted molar refractivity (Wildman–Crippen MR) is 69.6 cm³/mol. The van der Waals surface area contributed by atoms with E-state index in [9.17, 15) is 4.79 Å². The van der Waals surface area contributed by atoms with E-state index in [1.165, 1.54) is 0 Å². The number of primary amides is 1. The molecule has 4 N–H and O–H groups in total. The van der Waals surface area contributed by atoms with Gasteiger partial charge >= 0.3 is 0 Å². The van der Waals surface area contributed by atoms with Gasteiger partial charge in [-0.05, 0) is 39.3 Å². The van der Waals surface area contributed by atoms with Gasteiger partial charge in [0.05, 0.1) is 12.1 Å². The standard InChI is InChI=1S/C12H27N3O2/c1-4-15(9-10-17-3)8-6-5-7-12(2,14)11(13)16/h4-10,14H2,1-3H3,(H2,13,16). The van der Waals surface area contributed by atoms with Crippen LogP contribution in [0.3, 0.4) is 0 Å².